The molecule has 0 heterocycles. The quantitative estimate of drug-likeness (QED) is 0.103. The van der Waals surface area contributed by atoms with Crippen molar-refractivity contribution in [3.63, 3.8) is 0 Å². The molecule has 0 saturated carbocycles. The van der Waals surface area contributed by atoms with Crippen LogP contribution in [0.15, 0.2) is 34.9 Å². The predicted molar refractivity (Wildman–Crippen MR) is 158 cm³/mol. The lowest BCUT2D eigenvalue weighted by atomic mass is 9.83. The number of ether oxygens (including phenoxy) is 1. The first-order valence-electron chi connectivity index (χ1n) is 14.4. The van der Waals surface area contributed by atoms with Crippen molar-refractivity contribution in [3.05, 3.63) is 34.9 Å². The van der Waals surface area contributed by atoms with E-state index in [2.05, 4.69) is 45.9 Å². The Balaban J connectivity index is 4.87. The summed E-state index contributed by atoms with van der Waals surface area (Å²) in [6.45, 7) is 15.8. The van der Waals surface area contributed by atoms with Crippen LogP contribution in [-0.4, -0.2) is 66.6 Å². The van der Waals surface area contributed by atoms with Gasteiger partial charge in [-0.15, -0.1) is 0 Å². The summed E-state index contributed by atoms with van der Waals surface area (Å²) in [5.74, 6) is -0.568. The average Bonchev–Trinajstić information content (AvgIpc) is 2.78. The Bertz CT molecular complexity index is 811. The highest BCUT2D eigenvalue weighted by Gasteiger charge is 2.39. The first-order valence-corrected chi connectivity index (χ1v) is 14.4. The van der Waals surface area contributed by atoms with Crippen LogP contribution < -0.4 is 0 Å². The van der Waals surface area contributed by atoms with Crippen LogP contribution in [0.4, 0.5) is 0 Å². The van der Waals surface area contributed by atoms with Crippen LogP contribution in [0.1, 0.15) is 127 Å². The standard InChI is InChI=1S/C32H58O7/c1-23(2)13-10-14-24(3)15-11-16-25(4)17-12-18-28(35)31(8,37)22-20-29(39-26(5)33)32(9,38)21-19-27(34)30(6,7)36/h13,15,17,27-29,34-38H,10-12,14,16,18-22H2,1-9H3/b24-15+,25-17+/t27-,28-,29-,31-,32-/m0/s1. The first kappa shape index (κ1) is 37.5. The number of hydrogen-bond acceptors (Lipinski definition) is 7. The summed E-state index contributed by atoms with van der Waals surface area (Å²) in [5, 5.41) is 52.8. The van der Waals surface area contributed by atoms with Crippen LogP contribution in [0.3, 0.4) is 0 Å². The zero-order valence-corrected chi connectivity index (χ0v) is 26.1. The lowest BCUT2D eigenvalue weighted by molar-refractivity contribution is -0.167. The number of rotatable bonds is 19. The maximum Gasteiger partial charge on any atom is 0.303 e. The SMILES string of the molecule is CC(=O)O[C@@H](CC[C@](C)(O)[C@@H](O)CC/C=C(\C)CC/C=C(\C)CCC=C(C)C)[C@@](C)(O)CC[C@H](O)C(C)(C)O. The van der Waals surface area contributed by atoms with Crippen molar-refractivity contribution in [1.29, 1.82) is 0 Å². The number of allylic oxidation sites excluding steroid dienone is 6. The largest absolute Gasteiger partial charge is 0.460 e. The third-order valence-corrected chi connectivity index (χ3v) is 7.43. The lowest BCUT2D eigenvalue weighted by Gasteiger charge is -2.36. The van der Waals surface area contributed by atoms with Gasteiger partial charge >= 0.3 is 5.97 Å². The number of aliphatic hydroxyl groups is 5. The molecule has 0 aliphatic rings. The maximum absolute atomic E-state index is 11.7. The summed E-state index contributed by atoms with van der Waals surface area (Å²) in [7, 11) is 0. The molecule has 0 aromatic carbocycles. The molecule has 0 bridgehead atoms. The lowest BCUT2D eigenvalue weighted by Crippen LogP contribution is -2.47. The van der Waals surface area contributed by atoms with Gasteiger partial charge in [0.05, 0.1) is 29.0 Å². The molecule has 0 aromatic heterocycles. The predicted octanol–water partition coefficient (Wildman–Crippen LogP) is 5.67. The minimum atomic E-state index is -1.49. The highest BCUT2D eigenvalue weighted by Crippen LogP contribution is 2.30. The van der Waals surface area contributed by atoms with Gasteiger partial charge < -0.3 is 30.3 Å². The highest BCUT2D eigenvalue weighted by atomic mass is 16.6. The van der Waals surface area contributed by atoms with Crippen molar-refractivity contribution in [1.82, 2.24) is 0 Å². The molecule has 0 aromatic rings. The Labute approximate surface area is 237 Å². The van der Waals surface area contributed by atoms with Gasteiger partial charge in [0.1, 0.15) is 6.10 Å². The molecule has 39 heavy (non-hydrogen) atoms. The Morgan fingerprint density at radius 1 is 0.692 bits per heavy atom. The molecule has 5 atom stereocenters. The smallest absolute Gasteiger partial charge is 0.303 e. The third-order valence-electron chi connectivity index (χ3n) is 7.43. The molecule has 0 saturated heterocycles. The van der Waals surface area contributed by atoms with Crippen molar-refractivity contribution < 1.29 is 35.1 Å². The number of carbonyl (C=O) groups excluding carboxylic acids is 1. The number of carbonyl (C=O) groups is 1. The molecule has 0 spiro atoms. The van der Waals surface area contributed by atoms with Crippen molar-refractivity contribution in [2.45, 2.75) is 162 Å². The van der Waals surface area contributed by atoms with Gasteiger partial charge in [0.2, 0.25) is 0 Å². The fraction of sp³-hybridized carbons (Fsp3) is 0.781. The van der Waals surface area contributed by atoms with Crippen LogP contribution in [0.25, 0.3) is 0 Å². The van der Waals surface area contributed by atoms with E-state index in [9.17, 15) is 30.3 Å². The Hall–Kier alpha value is -1.51. The van der Waals surface area contributed by atoms with Gasteiger partial charge in [0.25, 0.3) is 0 Å². The van der Waals surface area contributed by atoms with E-state index in [4.69, 9.17) is 4.74 Å². The highest BCUT2D eigenvalue weighted by molar-refractivity contribution is 5.66. The van der Waals surface area contributed by atoms with Gasteiger partial charge in [0, 0.05) is 6.92 Å². The van der Waals surface area contributed by atoms with E-state index in [1.807, 2.05) is 0 Å². The van der Waals surface area contributed by atoms with Crippen LogP contribution in [0.5, 0.6) is 0 Å². The average molecular weight is 555 g/mol. The molecule has 228 valence electrons. The topological polar surface area (TPSA) is 127 Å². The Morgan fingerprint density at radius 3 is 1.67 bits per heavy atom. The third kappa shape index (κ3) is 17.0. The molecule has 0 amide bonds. The van der Waals surface area contributed by atoms with Gasteiger partial charge in [-0.3, -0.25) is 4.79 Å². The van der Waals surface area contributed by atoms with Crippen LogP contribution in [0, 0.1) is 0 Å². The van der Waals surface area contributed by atoms with Crippen LogP contribution >= 0.6 is 0 Å². The van der Waals surface area contributed by atoms with Crippen LogP contribution in [0.2, 0.25) is 0 Å². The Morgan fingerprint density at radius 2 is 1.18 bits per heavy atom. The second-order valence-corrected chi connectivity index (χ2v) is 12.6. The molecule has 7 nitrogen and oxygen atoms in total. The molecule has 0 radical (unpaired) electrons. The van der Waals surface area contributed by atoms with Gasteiger partial charge in [0.15, 0.2) is 0 Å². The molecule has 0 aliphatic heterocycles. The van der Waals surface area contributed by atoms with Crippen molar-refractivity contribution in [2.24, 2.45) is 0 Å². The number of aliphatic hydroxyl groups excluding tert-OH is 2. The second-order valence-electron chi connectivity index (χ2n) is 12.6. The van der Waals surface area contributed by atoms with E-state index >= 15 is 0 Å². The molecule has 0 aliphatic carbocycles. The number of hydrogen-bond donors (Lipinski definition) is 5. The monoisotopic (exact) mass is 554 g/mol. The molecule has 0 unspecified atom stereocenters. The minimum absolute atomic E-state index is 0.0784. The first-order chi connectivity index (χ1) is 17.8. The molecular weight excluding hydrogens is 496 g/mol. The minimum Gasteiger partial charge on any atom is -0.460 e. The zero-order valence-electron chi connectivity index (χ0n) is 26.1. The molecule has 5 N–H and O–H groups in total. The summed E-state index contributed by atoms with van der Waals surface area (Å²) >= 11 is 0. The summed E-state index contributed by atoms with van der Waals surface area (Å²) in [5.41, 5.74) is -0.265. The van der Waals surface area contributed by atoms with E-state index in [0.717, 1.165) is 25.7 Å². The Kier molecular flexibility index (Phi) is 16.7. The van der Waals surface area contributed by atoms with Gasteiger partial charge in [-0.25, -0.2) is 0 Å². The fourth-order valence-corrected chi connectivity index (χ4v) is 4.37. The second kappa shape index (κ2) is 17.3. The maximum atomic E-state index is 11.7. The summed E-state index contributed by atoms with van der Waals surface area (Å²) in [6.07, 6.45) is 9.17. The molecular formula is C32H58O7. The normalized spacial score (nSPS) is 18.5. The van der Waals surface area contributed by atoms with E-state index < -0.39 is 41.1 Å². The fourth-order valence-electron chi connectivity index (χ4n) is 4.37. The summed E-state index contributed by atoms with van der Waals surface area (Å²) in [6, 6.07) is 0. The van der Waals surface area contributed by atoms with Gasteiger partial charge in [-0.05, 0) is 120 Å². The molecule has 0 rings (SSSR count). The van der Waals surface area contributed by atoms with E-state index in [0.29, 0.717) is 12.8 Å². The van der Waals surface area contributed by atoms with Gasteiger partial charge in [-0.2, -0.15) is 0 Å². The van der Waals surface area contributed by atoms with E-state index in [1.54, 1.807) is 6.92 Å². The van der Waals surface area contributed by atoms with Crippen molar-refractivity contribution >= 4 is 5.97 Å². The van der Waals surface area contributed by atoms with Crippen molar-refractivity contribution in [2.75, 3.05) is 0 Å². The van der Waals surface area contributed by atoms with Crippen molar-refractivity contribution in [3.8, 4) is 0 Å². The van der Waals surface area contributed by atoms with Crippen LogP contribution in [-0.2, 0) is 9.53 Å². The molecule has 7 heteroatoms. The molecule has 0 fully saturated rings. The van der Waals surface area contributed by atoms with E-state index in [1.165, 1.54) is 44.4 Å². The number of esters is 1. The summed E-state index contributed by atoms with van der Waals surface area (Å²) in [4.78, 5) is 11.7. The van der Waals surface area contributed by atoms with Gasteiger partial charge in [-0.1, -0.05) is 34.9 Å². The van der Waals surface area contributed by atoms with E-state index in [-0.39, 0.29) is 25.7 Å². The zero-order chi connectivity index (χ0) is 30.4. The summed E-state index contributed by atoms with van der Waals surface area (Å²) < 4.78 is 5.36.